The molecule has 0 atom stereocenters. The number of hydrogen-bond donors (Lipinski definition) is 1. The molecule has 0 radical (unpaired) electrons. The summed E-state index contributed by atoms with van der Waals surface area (Å²) < 4.78 is 21.3. The highest BCUT2D eigenvalue weighted by Gasteiger charge is 2.22. The molecule has 0 spiro atoms. The van der Waals surface area contributed by atoms with Crippen molar-refractivity contribution in [3.8, 4) is 17.2 Å². The molecule has 172 valence electrons. The van der Waals surface area contributed by atoms with Gasteiger partial charge in [0.15, 0.2) is 23.0 Å². The molecule has 0 bridgehead atoms. The molecule has 0 unspecified atom stereocenters. The average Bonchev–Trinajstić information content (AvgIpc) is 3.51. The molecule has 33 heavy (non-hydrogen) atoms. The smallest absolute Gasteiger partial charge is 0.273 e. The van der Waals surface area contributed by atoms with E-state index in [4.69, 9.17) is 18.7 Å². The monoisotopic (exact) mass is 451 g/mol. The van der Waals surface area contributed by atoms with Crippen LogP contribution in [0.5, 0.6) is 17.2 Å². The zero-order valence-electron chi connectivity index (χ0n) is 18.5. The Morgan fingerprint density at radius 2 is 1.88 bits per heavy atom. The second-order valence-corrected chi connectivity index (χ2v) is 7.43. The number of aromatic nitrogens is 1. The normalized spacial score (nSPS) is 11.8. The lowest BCUT2D eigenvalue weighted by molar-refractivity contribution is 0.0728. The summed E-state index contributed by atoms with van der Waals surface area (Å²) in [5.41, 5.74) is 1.70. The summed E-state index contributed by atoms with van der Waals surface area (Å²) in [5.74, 6) is 1.82. The Morgan fingerprint density at radius 3 is 2.64 bits per heavy atom. The van der Waals surface area contributed by atoms with E-state index in [-0.39, 0.29) is 30.8 Å². The molecular weight excluding hydrogens is 426 g/mol. The van der Waals surface area contributed by atoms with Crippen LogP contribution in [0, 0.1) is 0 Å². The first kappa shape index (κ1) is 22.2. The SMILES string of the molecule is CCNC(=O)c1cc(CN(CCc2ccc(OC)cc2)C(=O)c2ccc3c(c2)OCO3)on1. The summed E-state index contributed by atoms with van der Waals surface area (Å²) in [7, 11) is 1.62. The standard InChI is InChI=1S/C24H25N3O6/c1-3-25-23(28)20-13-19(33-26-20)14-27(11-10-16-4-7-18(30-2)8-5-16)24(29)17-6-9-21-22(12-17)32-15-31-21/h4-9,12-13H,3,10-11,14-15H2,1-2H3,(H,25,28). The molecule has 3 aromatic rings. The predicted octanol–water partition coefficient (Wildman–Crippen LogP) is 3.05. The van der Waals surface area contributed by atoms with Crippen molar-refractivity contribution < 1.29 is 28.3 Å². The Hall–Kier alpha value is -4.01. The van der Waals surface area contributed by atoms with Crippen LogP contribution in [0.15, 0.2) is 53.1 Å². The van der Waals surface area contributed by atoms with Gasteiger partial charge >= 0.3 is 0 Å². The van der Waals surface area contributed by atoms with E-state index in [1.165, 1.54) is 0 Å². The van der Waals surface area contributed by atoms with Gasteiger partial charge in [0.05, 0.1) is 13.7 Å². The van der Waals surface area contributed by atoms with Crippen LogP contribution < -0.4 is 19.5 Å². The number of carbonyl (C=O) groups is 2. The predicted molar refractivity (Wildman–Crippen MR) is 119 cm³/mol. The molecule has 0 saturated heterocycles. The number of ether oxygens (including phenoxy) is 3. The van der Waals surface area contributed by atoms with E-state index in [1.54, 1.807) is 36.3 Å². The molecule has 2 amide bonds. The lowest BCUT2D eigenvalue weighted by Crippen LogP contribution is -2.32. The van der Waals surface area contributed by atoms with Crippen LogP contribution in [-0.4, -0.2) is 48.9 Å². The first-order valence-electron chi connectivity index (χ1n) is 10.6. The van der Waals surface area contributed by atoms with Crippen LogP contribution in [0.2, 0.25) is 0 Å². The Balaban J connectivity index is 1.53. The molecule has 1 aliphatic rings. The van der Waals surface area contributed by atoms with Gasteiger partial charge in [-0.25, -0.2) is 0 Å². The van der Waals surface area contributed by atoms with Gasteiger partial charge in [0.1, 0.15) is 5.75 Å². The first-order chi connectivity index (χ1) is 16.1. The Kier molecular flexibility index (Phi) is 6.77. The van der Waals surface area contributed by atoms with Crippen LogP contribution in [0.3, 0.4) is 0 Å². The third-order valence-corrected chi connectivity index (χ3v) is 5.21. The second kappa shape index (κ2) is 10.1. The topological polar surface area (TPSA) is 103 Å². The fourth-order valence-electron chi connectivity index (χ4n) is 3.45. The lowest BCUT2D eigenvalue weighted by Gasteiger charge is -2.22. The molecule has 1 aliphatic heterocycles. The molecule has 1 aromatic heterocycles. The van der Waals surface area contributed by atoms with Crippen molar-refractivity contribution in [2.75, 3.05) is 27.0 Å². The van der Waals surface area contributed by atoms with Gasteiger partial charge in [-0.3, -0.25) is 9.59 Å². The summed E-state index contributed by atoms with van der Waals surface area (Å²) in [6.07, 6.45) is 0.623. The molecule has 9 nitrogen and oxygen atoms in total. The molecule has 0 saturated carbocycles. The first-order valence-corrected chi connectivity index (χ1v) is 10.6. The van der Waals surface area contributed by atoms with Gasteiger partial charge in [-0.2, -0.15) is 0 Å². The summed E-state index contributed by atoms with van der Waals surface area (Å²) in [5, 5.41) is 6.51. The molecular formula is C24H25N3O6. The molecule has 1 N–H and O–H groups in total. The van der Waals surface area contributed by atoms with Gasteiger partial charge in [0.25, 0.3) is 11.8 Å². The Bertz CT molecular complexity index is 1130. The number of methoxy groups -OCH3 is 1. The highest BCUT2D eigenvalue weighted by Crippen LogP contribution is 2.33. The molecule has 2 heterocycles. The molecule has 2 aromatic carbocycles. The number of rotatable bonds is 9. The van der Waals surface area contributed by atoms with Crippen molar-refractivity contribution in [2.24, 2.45) is 0 Å². The number of hydrogen-bond acceptors (Lipinski definition) is 7. The van der Waals surface area contributed by atoms with Gasteiger partial charge in [0, 0.05) is 24.7 Å². The van der Waals surface area contributed by atoms with Crippen LogP contribution in [-0.2, 0) is 13.0 Å². The maximum atomic E-state index is 13.4. The summed E-state index contributed by atoms with van der Waals surface area (Å²) >= 11 is 0. The van der Waals surface area contributed by atoms with Crippen LogP contribution in [0.4, 0.5) is 0 Å². The number of nitrogens with one attached hydrogen (secondary N) is 1. The summed E-state index contributed by atoms with van der Waals surface area (Å²) in [6, 6.07) is 14.3. The van der Waals surface area contributed by atoms with Crippen molar-refractivity contribution >= 4 is 11.8 Å². The third-order valence-electron chi connectivity index (χ3n) is 5.21. The lowest BCUT2D eigenvalue weighted by atomic mass is 10.1. The molecule has 0 aliphatic carbocycles. The number of nitrogens with zero attached hydrogens (tertiary/aromatic N) is 2. The summed E-state index contributed by atoms with van der Waals surface area (Å²) in [6.45, 7) is 3.03. The van der Waals surface area contributed by atoms with E-state index in [9.17, 15) is 9.59 Å². The number of amides is 2. The van der Waals surface area contributed by atoms with Gasteiger partial charge in [0.2, 0.25) is 6.79 Å². The second-order valence-electron chi connectivity index (χ2n) is 7.43. The van der Waals surface area contributed by atoms with E-state index in [0.717, 1.165) is 11.3 Å². The molecule has 9 heteroatoms. The van der Waals surface area contributed by atoms with Crippen molar-refractivity contribution in [1.29, 1.82) is 0 Å². The van der Waals surface area contributed by atoms with E-state index < -0.39 is 0 Å². The van der Waals surface area contributed by atoms with E-state index in [0.29, 0.717) is 42.3 Å². The minimum Gasteiger partial charge on any atom is -0.497 e. The van der Waals surface area contributed by atoms with Gasteiger partial charge in [-0.05, 0) is 49.2 Å². The van der Waals surface area contributed by atoms with Gasteiger partial charge in [-0.15, -0.1) is 0 Å². The number of carbonyl (C=O) groups excluding carboxylic acids is 2. The molecule has 0 fully saturated rings. The van der Waals surface area contributed by atoms with Crippen molar-refractivity contribution in [3.63, 3.8) is 0 Å². The van der Waals surface area contributed by atoms with E-state index in [1.807, 2.05) is 31.2 Å². The van der Waals surface area contributed by atoms with Crippen molar-refractivity contribution in [2.45, 2.75) is 19.9 Å². The quantitative estimate of drug-likeness (QED) is 0.533. The fraction of sp³-hybridized carbons (Fsp3) is 0.292. The third kappa shape index (κ3) is 5.25. The fourth-order valence-corrected chi connectivity index (χ4v) is 3.45. The van der Waals surface area contributed by atoms with E-state index in [2.05, 4.69) is 10.5 Å². The zero-order valence-corrected chi connectivity index (χ0v) is 18.5. The van der Waals surface area contributed by atoms with Crippen LogP contribution in [0.25, 0.3) is 0 Å². The average molecular weight is 451 g/mol. The highest BCUT2D eigenvalue weighted by atomic mass is 16.7. The van der Waals surface area contributed by atoms with E-state index >= 15 is 0 Å². The zero-order chi connectivity index (χ0) is 23.2. The minimum atomic E-state index is -0.320. The maximum absolute atomic E-state index is 13.4. The number of fused-ring (bicyclic) bond motifs is 1. The van der Waals surface area contributed by atoms with Crippen molar-refractivity contribution in [3.05, 3.63) is 71.1 Å². The molecule has 4 rings (SSSR count). The van der Waals surface area contributed by atoms with Crippen LogP contribution in [0.1, 0.15) is 39.1 Å². The number of benzene rings is 2. The highest BCUT2D eigenvalue weighted by molar-refractivity contribution is 5.95. The van der Waals surface area contributed by atoms with Gasteiger partial charge < -0.3 is 29.0 Å². The maximum Gasteiger partial charge on any atom is 0.273 e. The Labute approximate surface area is 191 Å². The largest absolute Gasteiger partial charge is 0.497 e. The van der Waals surface area contributed by atoms with Gasteiger partial charge in [-0.1, -0.05) is 17.3 Å². The minimum absolute atomic E-state index is 0.134. The summed E-state index contributed by atoms with van der Waals surface area (Å²) in [4.78, 5) is 27.1. The van der Waals surface area contributed by atoms with Crippen molar-refractivity contribution in [1.82, 2.24) is 15.4 Å². The Morgan fingerprint density at radius 1 is 1.09 bits per heavy atom. The van der Waals surface area contributed by atoms with Crippen LogP contribution >= 0.6 is 0 Å².